The van der Waals surface area contributed by atoms with Crippen molar-refractivity contribution in [2.75, 3.05) is 34.1 Å². The van der Waals surface area contributed by atoms with Crippen molar-refractivity contribution in [3.63, 3.8) is 0 Å². The Morgan fingerprint density at radius 1 is 0.786 bits per heavy atom. The minimum absolute atomic E-state index is 0.0520. The Bertz CT molecular complexity index is 1820. The van der Waals surface area contributed by atoms with Crippen LogP contribution in [0.3, 0.4) is 0 Å². The van der Waals surface area contributed by atoms with E-state index >= 15 is 0 Å². The van der Waals surface area contributed by atoms with Crippen LogP contribution in [0.25, 0.3) is 0 Å². The first-order valence-corrected chi connectivity index (χ1v) is 15.7. The summed E-state index contributed by atoms with van der Waals surface area (Å²) < 4.78 is 80.7. The summed E-state index contributed by atoms with van der Waals surface area (Å²) in [5.41, 5.74) is 0.592. The summed E-state index contributed by atoms with van der Waals surface area (Å²) in [6.45, 7) is -0.0921. The molecular formula is C28H23ClFN3O7S2. The molecule has 1 aliphatic rings. The quantitative estimate of drug-likeness (QED) is 0.269. The number of halogens is 2. The van der Waals surface area contributed by atoms with Crippen LogP contribution in [0.5, 0.6) is 11.5 Å². The van der Waals surface area contributed by atoms with Crippen LogP contribution in [-0.2, 0) is 24.8 Å². The highest BCUT2D eigenvalue weighted by Gasteiger charge is 2.29. The van der Waals surface area contributed by atoms with E-state index in [9.17, 15) is 26.0 Å². The topological polar surface area (TPSA) is 131 Å². The third-order valence-corrected chi connectivity index (χ3v) is 9.47. The Morgan fingerprint density at radius 3 is 2.05 bits per heavy atom. The fourth-order valence-corrected chi connectivity index (χ4v) is 6.64. The van der Waals surface area contributed by atoms with Gasteiger partial charge in [-0.05, 0) is 84.9 Å². The molecule has 0 aromatic heterocycles. The molecule has 4 aromatic carbocycles. The second kappa shape index (κ2) is 11.9. The van der Waals surface area contributed by atoms with Crippen molar-refractivity contribution < 1.29 is 35.5 Å². The molecule has 0 fully saturated rings. The average Bonchev–Trinajstić information content (AvgIpc) is 2.97. The molecule has 42 heavy (non-hydrogen) atoms. The summed E-state index contributed by atoms with van der Waals surface area (Å²) >= 11 is 5.84. The molecule has 10 nitrogen and oxygen atoms in total. The van der Waals surface area contributed by atoms with Crippen LogP contribution in [-0.4, -0.2) is 42.5 Å². The van der Waals surface area contributed by atoms with Gasteiger partial charge in [-0.15, -0.1) is 0 Å². The SMILES string of the molecule is O=C(CN(c1ccc(F)cc1)S(=O)(=O)c1ccc2c(c1)OCCO2)Nc1ccc(S(=O)(=O)Nc2ccc(Cl)cc2)cc1. The Morgan fingerprint density at radius 2 is 1.38 bits per heavy atom. The zero-order chi connectivity index (χ0) is 29.9. The molecule has 0 radical (unpaired) electrons. The number of sulfonamides is 2. The fourth-order valence-electron chi connectivity index (χ4n) is 4.01. The van der Waals surface area contributed by atoms with Crippen molar-refractivity contribution in [2.45, 2.75) is 9.79 Å². The Balaban J connectivity index is 1.35. The molecule has 218 valence electrons. The summed E-state index contributed by atoms with van der Waals surface area (Å²) in [5, 5.41) is 3.02. The lowest BCUT2D eigenvalue weighted by Crippen LogP contribution is -2.38. The van der Waals surface area contributed by atoms with Crippen LogP contribution in [0.15, 0.2) is 101 Å². The number of carbonyl (C=O) groups is 1. The number of benzene rings is 4. The largest absolute Gasteiger partial charge is 0.486 e. The molecule has 1 amide bonds. The molecule has 14 heteroatoms. The van der Waals surface area contributed by atoms with Gasteiger partial charge in [0.15, 0.2) is 11.5 Å². The van der Waals surface area contributed by atoms with Crippen molar-refractivity contribution in [3.8, 4) is 11.5 Å². The molecule has 5 rings (SSSR count). The van der Waals surface area contributed by atoms with Gasteiger partial charge < -0.3 is 14.8 Å². The maximum Gasteiger partial charge on any atom is 0.264 e. The van der Waals surface area contributed by atoms with Crippen LogP contribution in [0, 0.1) is 5.82 Å². The normalized spacial score (nSPS) is 12.8. The lowest BCUT2D eigenvalue weighted by atomic mass is 10.3. The predicted molar refractivity (Wildman–Crippen MR) is 156 cm³/mol. The van der Waals surface area contributed by atoms with Gasteiger partial charge in [-0.3, -0.25) is 13.8 Å². The van der Waals surface area contributed by atoms with Gasteiger partial charge in [0, 0.05) is 22.5 Å². The minimum Gasteiger partial charge on any atom is -0.486 e. The average molecular weight is 632 g/mol. The molecular weight excluding hydrogens is 609 g/mol. The number of carbonyl (C=O) groups excluding carboxylic acids is 1. The van der Waals surface area contributed by atoms with E-state index in [1.165, 1.54) is 66.7 Å². The number of hydrogen-bond donors (Lipinski definition) is 2. The van der Waals surface area contributed by atoms with Crippen LogP contribution in [0.4, 0.5) is 21.5 Å². The molecule has 0 unspecified atom stereocenters. The number of anilines is 3. The summed E-state index contributed by atoms with van der Waals surface area (Å²) in [6.07, 6.45) is 0. The van der Waals surface area contributed by atoms with E-state index < -0.39 is 38.3 Å². The maximum absolute atomic E-state index is 13.7. The molecule has 4 aromatic rings. The van der Waals surface area contributed by atoms with Crippen LogP contribution < -0.4 is 23.8 Å². The van der Waals surface area contributed by atoms with Crippen LogP contribution in [0.2, 0.25) is 5.02 Å². The fraction of sp³-hybridized carbons (Fsp3) is 0.107. The first-order chi connectivity index (χ1) is 20.0. The minimum atomic E-state index is -4.33. The van der Waals surface area contributed by atoms with E-state index in [1.807, 2.05) is 0 Å². The van der Waals surface area contributed by atoms with Gasteiger partial charge in [-0.25, -0.2) is 21.2 Å². The van der Waals surface area contributed by atoms with E-state index in [-0.39, 0.29) is 33.5 Å². The second-order valence-electron chi connectivity index (χ2n) is 8.98. The van der Waals surface area contributed by atoms with Gasteiger partial charge >= 0.3 is 0 Å². The van der Waals surface area contributed by atoms with Gasteiger partial charge in [0.25, 0.3) is 20.0 Å². The van der Waals surface area contributed by atoms with Gasteiger partial charge in [-0.1, -0.05) is 11.6 Å². The van der Waals surface area contributed by atoms with Crippen LogP contribution in [0.1, 0.15) is 0 Å². The summed E-state index contributed by atoms with van der Waals surface area (Å²) in [7, 11) is -8.26. The molecule has 1 heterocycles. The zero-order valence-electron chi connectivity index (χ0n) is 21.7. The van der Waals surface area contributed by atoms with E-state index in [4.69, 9.17) is 21.1 Å². The molecule has 0 bridgehead atoms. The summed E-state index contributed by atoms with van der Waals surface area (Å²) in [5.74, 6) is -0.678. The maximum atomic E-state index is 13.7. The molecule has 0 saturated heterocycles. The lowest BCUT2D eigenvalue weighted by Gasteiger charge is -2.25. The van der Waals surface area contributed by atoms with E-state index in [2.05, 4.69) is 10.0 Å². The highest BCUT2D eigenvalue weighted by Crippen LogP contribution is 2.34. The molecule has 0 atom stereocenters. The van der Waals surface area contributed by atoms with Gasteiger partial charge in [0.2, 0.25) is 5.91 Å². The third-order valence-electron chi connectivity index (χ3n) is 6.05. The third kappa shape index (κ3) is 6.59. The van der Waals surface area contributed by atoms with E-state index in [1.54, 1.807) is 12.1 Å². The smallest absolute Gasteiger partial charge is 0.264 e. The van der Waals surface area contributed by atoms with E-state index in [0.29, 0.717) is 23.1 Å². The van der Waals surface area contributed by atoms with Crippen molar-refractivity contribution in [3.05, 3.63) is 102 Å². The number of hydrogen-bond acceptors (Lipinski definition) is 7. The summed E-state index contributed by atoms with van der Waals surface area (Å²) in [6, 6.07) is 20.2. The molecule has 1 aliphatic heterocycles. The van der Waals surface area contributed by atoms with Crippen molar-refractivity contribution >= 4 is 54.6 Å². The Labute approximate surface area is 246 Å². The number of rotatable bonds is 9. The monoisotopic (exact) mass is 631 g/mol. The number of fused-ring (bicyclic) bond motifs is 1. The predicted octanol–water partition coefficient (Wildman–Crippen LogP) is 4.89. The molecule has 0 saturated carbocycles. The molecule has 2 N–H and O–H groups in total. The summed E-state index contributed by atoms with van der Waals surface area (Å²) in [4.78, 5) is 12.8. The van der Waals surface area contributed by atoms with Gasteiger partial charge in [0.1, 0.15) is 25.6 Å². The first kappa shape index (κ1) is 29.2. The van der Waals surface area contributed by atoms with Crippen molar-refractivity contribution in [2.24, 2.45) is 0 Å². The van der Waals surface area contributed by atoms with Gasteiger partial charge in [-0.2, -0.15) is 0 Å². The second-order valence-corrected chi connectivity index (χ2v) is 13.0. The zero-order valence-corrected chi connectivity index (χ0v) is 24.0. The molecule has 0 aliphatic carbocycles. The number of nitrogens with zero attached hydrogens (tertiary/aromatic N) is 1. The highest BCUT2D eigenvalue weighted by atomic mass is 35.5. The highest BCUT2D eigenvalue weighted by molar-refractivity contribution is 7.93. The van der Waals surface area contributed by atoms with Crippen molar-refractivity contribution in [1.82, 2.24) is 0 Å². The van der Waals surface area contributed by atoms with Crippen LogP contribution >= 0.6 is 11.6 Å². The van der Waals surface area contributed by atoms with Crippen molar-refractivity contribution in [1.29, 1.82) is 0 Å². The number of amides is 1. The van der Waals surface area contributed by atoms with Gasteiger partial charge in [0.05, 0.1) is 15.5 Å². The standard InChI is InChI=1S/C28H23ClFN3O7S2/c29-19-1-5-22(6-2-19)32-41(35,36)24-11-7-21(8-12-24)31-28(34)18-33(23-9-3-20(30)4-10-23)42(37,38)25-13-14-26-27(17-25)40-16-15-39-26/h1-14,17,32H,15-16,18H2,(H,31,34). The number of ether oxygens (including phenoxy) is 2. The Kier molecular flexibility index (Phi) is 8.25. The van der Waals surface area contributed by atoms with E-state index in [0.717, 1.165) is 16.4 Å². The molecule has 0 spiro atoms. The lowest BCUT2D eigenvalue weighted by molar-refractivity contribution is -0.114. The number of nitrogens with one attached hydrogen (secondary N) is 2. The Hall–Kier alpha value is -4.33. The first-order valence-electron chi connectivity index (χ1n) is 12.4.